The van der Waals surface area contributed by atoms with Gasteiger partial charge in [-0.3, -0.25) is 14.7 Å². The van der Waals surface area contributed by atoms with Crippen LogP contribution in [0.3, 0.4) is 0 Å². The minimum Gasteiger partial charge on any atom is -0.508 e. The predicted octanol–water partition coefficient (Wildman–Crippen LogP) is 2.62. The molecular weight excluding hydrogens is 338 g/mol. The van der Waals surface area contributed by atoms with Crippen LogP contribution < -0.4 is 5.32 Å². The Labute approximate surface area is 159 Å². The second kappa shape index (κ2) is 7.92. The van der Waals surface area contributed by atoms with Gasteiger partial charge in [0.15, 0.2) is 0 Å². The SMILES string of the molecule is O=C(/C=C/c1ccc(O)cc1)NC1C2CCN(CC2)C1Cc1cccnc1. The highest BCUT2D eigenvalue weighted by atomic mass is 16.3. The van der Waals surface area contributed by atoms with Crippen LogP contribution in [-0.4, -0.2) is 46.1 Å². The van der Waals surface area contributed by atoms with E-state index in [1.54, 1.807) is 42.6 Å². The van der Waals surface area contributed by atoms with Gasteiger partial charge in [0.05, 0.1) is 0 Å². The van der Waals surface area contributed by atoms with Crippen molar-refractivity contribution < 1.29 is 9.90 Å². The first-order valence-electron chi connectivity index (χ1n) is 9.59. The number of nitrogens with zero attached hydrogens (tertiary/aromatic N) is 2. The lowest BCUT2D eigenvalue weighted by atomic mass is 9.77. The van der Waals surface area contributed by atoms with Gasteiger partial charge in [0, 0.05) is 30.6 Å². The lowest BCUT2D eigenvalue weighted by Crippen LogP contribution is -2.64. The van der Waals surface area contributed by atoms with Crippen molar-refractivity contribution in [3.8, 4) is 5.75 Å². The molecule has 2 unspecified atom stereocenters. The lowest BCUT2D eigenvalue weighted by Gasteiger charge is -2.51. The molecule has 3 fully saturated rings. The largest absolute Gasteiger partial charge is 0.508 e. The summed E-state index contributed by atoms with van der Waals surface area (Å²) in [4.78, 5) is 19.3. The van der Waals surface area contributed by atoms with E-state index in [0.29, 0.717) is 12.0 Å². The van der Waals surface area contributed by atoms with Crippen LogP contribution in [0.25, 0.3) is 6.08 Å². The van der Waals surface area contributed by atoms with E-state index < -0.39 is 0 Å². The van der Waals surface area contributed by atoms with E-state index in [1.807, 2.05) is 12.3 Å². The van der Waals surface area contributed by atoms with Crippen LogP contribution in [0.2, 0.25) is 0 Å². The van der Waals surface area contributed by atoms with E-state index in [0.717, 1.165) is 37.9 Å². The number of hydrogen-bond donors (Lipinski definition) is 2. The van der Waals surface area contributed by atoms with Crippen LogP contribution in [-0.2, 0) is 11.2 Å². The zero-order valence-electron chi connectivity index (χ0n) is 15.3. The topological polar surface area (TPSA) is 65.5 Å². The molecule has 1 aromatic carbocycles. The van der Waals surface area contributed by atoms with Crippen molar-refractivity contribution in [1.29, 1.82) is 0 Å². The molecule has 3 aliphatic rings. The fourth-order valence-electron chi connectivity index (χ4n) is 4.35. The summed E-state index contributed by atoms with van der Waals surface area (Å²) in [5.74, 6) is 0.711. The molecule has 140 valence electrons. The summed E-state index contributed by atoms with van der Waals surface area (Å²) in [6, 6.07) is 11.4. The number of pyridine rings is 1. The summed E-state index contributed by atoms with van der Waals surface area (Å²) in [5, 5.41) is 12.6. The van der Waals surface area contributed by atoms with Gasteiger partial charge in [0.1, 0.15) is 5.75 Å². The Balaban J connectivity index is 1.44. The van der Waals surface area contributed by atoms with Gasteiger partial charge in [-0.2, -0.15) is 0 Å². The summed E-state index contributed by atoms with van der Waals surface area (Å²) in [5.41, 5.74) is 2.11. The first-order chi connectivity index (χ1) is 13.2. The van der Waals surface area contributed by atoms with Gasteiger partial charge in [-0.1, -0.05) is 18.2 Å². The molecule has 3 aliphatic heterocycles. The molecule has 27 heavy (non-hydrogen) atoms. The third-order valence-electron chi connectivity index (χ3n) is 5.76. The summed E-state index contributed by atoms with van der Waals surface area (Å²) < 4.78 is 0. The maximum absolute atomic E-state index is 12.5. The van der Waals surface area contributed by atoms with E-state index in [-0.39, 0.29) is 17.7 Å². The summed E-state index contributed by atoms with van der Waals surface area (Å²) in [7, 11) is 0. The van der Waals surface area contributed by atoms with Crippen LogP contribution in [0, 0.1) is 5.92 Å². The van der Waals surface area contributed by atoms with Gasteiger partial charge in [-0.05, 0) is 73.7 Å². The van der Waals surface area contributed by atoms with E-state index in [9.17, 15) is 9.90 Å². The molecule has 5 heteroatoms. The smallest absolute Gasteiger partial charge is 0.244 e. The van der Waals surface area contributed by atoms with Crippen molar-refractivity contribution in [3.63, 3.8) is 0 Å². The fourth-order valence-corrected chi connectivity index (χ4v) is 4.35. The number of benzene rings is 1. The molecule has 0 saturated carbocycles. The highest BCUT2D eigenvalue weighted by molar-refractivity contribution is 5.92. The molecule has 1 amide bonds. The third-order valence-corrected chi connectivity index (χ3v) is 5.76. The second-order valence-electron chi connectivity index (χ2n) is 7.47. The molecule has 2 atom stereocenters. The molecule has 1 aromatic heterocycles. The predicted molar refractivity (Wildman–Crippen MR) is 105 cm³/mol. The number of fused-ring (bicyclic) bond motifs is 3. The number of phenols is 1. The highest BCUT2D eigenvalue weighted by Crippen LogP contribution is 2.34. The Kier molecular flexibility index (Phi) is 5.21. The van der Waals surface area contributed by atoms with E-state index in [1.165, 1.54) is 5.56 Å². The van der Waals surface area contributed by atoms with E-state index in [4.69, 9.17) is 0 Å². The van der Waals surface area contributed by atoms with Crippen molar-refractivity contribution in [2.24, 2.45) is 5.92 Å². The van der Waals surface area contributed by atoms with Crippen molar-refractivity contribution in [3.05, 3.63) is 66.0 Å². The molecule has 5 rings (SSSR count). The van der Waals surface area contributed by atoms with Crippen LogP contribution in [0.5, 0.6) is 5.75 Å². The molecule has 2 N–H and O–H groups in total. The van der Waals surface area contributed by atoms with Crippen LogP contribution >= 0.6 is 0 Å². The standard InChI is InChI=1S/C22H25N3O2/c26-19-6-3-16(4-7-19)5-8-21(27)24-22-18-9-12-25(13-10-18)20(22)14-17-2-1-11-23-15-17/h1-8,11,15,18,20,22,26H,9-10,12-14H2,(H,24,27)/b8-5+. The highest BCUT2D eigenvalue weighted by Gasteiger charge is 2.42. The summed E-state index contributed by atoms with van der Waals surface area (Å²) in [6.45, 7) is 2.23. The average molecular weight is 363 g/mol. The minimum atomic E-state index is -0.0574. The van der Waals surface area contributed by atoms with Crippen LogP contribution in [0.4, 0.5) is 0 Å². The molecule has 3 saturated heterocycles. The Hall–Kier alpha value is -2.66. The molecule has 4 heterocycles. The Bertz CT molecular complexity index is 796. The van der Waals surface area contributed by atoms with Crippen LogP contribution in [0.15, 0.2) is 54.9 Å². The first-order valence-corrected chi connectivity index (χ1v) is 9.59. The quantitative estimate of drug-likeness (QED) is 0.802. The first kappa shape index (κ1) is 17.7. The normalized spacial score (nSPS) is 27.0. The monoisotopic (exact) mass is 363 g/mol. The van der Waals surface area contributed by atoms with Crippen molar-refractivity contribution in [2.45, 2.75) is 31.3 Å². The van der Waals surface area contributed by atoms with Gasteiger partial charge in [0.25, 0.3) is 0 Å². The zero-order valence-corrected chi connectivity index (χ0v) is 15.3. The second-order valence-corrected chi connectivity index (χ2v) is 7.47. The van der Waals surface area contributed by atoms with Gasteiger partial charge < -0.3 is 10.4 Å². The Morgan fingerprint density at radius 1 is 1.22 bits per heavy atom. The molecule has 0 spiro atoms. The number of piperidine rings is 3. The number of carbonyl (C=O) groups excluding carboxylic acids is 1. The third kappa shape index (κ3) is 4.19. The van der Waals surface area contributed by atoms with Gasteiger partial charge >= 0.3 is 0 Å². The maximum Gasteiger partial charge on any atom is 0.244 e. The molecule has 5 nitrogen and oxygen atoms in total. The number of hydrogen-bond acceptors (Lipinski definition) is 4. The number of aromatic hydroxyl groups is 1. The average Bonchev–Trinajstić information content (AvgIpc) is 2.71. The number of amides is 1. The molecular formula is C22H25N3O2. The molecule has 0 radical (unpaired) electrons. The van der Waals surface area contributed by atoms with E-state index >= 15 is 0 Å². The minimum absolute atomic E-state index is 0.0574. The Morgan fingerprint density at radius 2 is 2.00 bits per heavy atom. The van der Waals surface area contributed by atoms with Crippen molar-refractivity contribution >= 4 is 12.0 Å². The lowest BCUT2D eigenvalue weighted by molar-refractivity contribution is -0.119. The fraction of sp³-hybridized carbons (Fsp3) is 0.364. The van der Waals surface area contributed by atoms with Crippen molar-refractivity contribution in [1.82, 2.24) is 15.2 Å². The number of phenolic OH excluding ortho intramolecular Hbond substituents is 1. The summed E-state index contributed by atoms with van der Waals surface area (Å²) >= 11 is 0. The number of rotatable bonds is 5. The maximum atomic E-state index is 12.5. The number of carbonyl (C=O) groups is 1. The van der Waals surface area contributed by atoms with Crippen LogP contribution in [0.1, 0.15) is 24.0 Å². The molecule has 2 bridgehead atoms. The van der Waals surface area contributed by atoms with E-state index in [2.05, 4.69) is 21.3 Å². The van der Waals surface area contributed by atoms with Gasteiger partial charge in [0.2, 0.25) is 5.91 Å². The number of aromatic nitrogens is 1. The van der Waals surface area contributed by atoms with Crippen molar-refractivity contribution in [2.75, 3.05) is 13.1 Å². The zero-order chi connectivity index (χ0) is 18.6. The molecule has 2 aromatic rings. The summed E-state index contributed by atoms with van der Waals surface area (Å²) in [6.07, 6.45) is 10.3. The molecule has 0 aliphatic carbocycles. The Morgan fingerprint density at radius 3 is 2.70 bits per heavy atom. The van der Waals surface area contributed by atoms with Gasteiger partial charge in [-0.25, -0.2) is 0 Å². The number of nitrogens with one attached hydrogen (secondary N) is 1. The van der Waals surface area contributed by atoms with Gasteiger partial charge in [-0.15, -0.1) is 0 Å².